The van der Waals surface area contributed by atoms with Crippen molar-refractivity contribution in [1.82, 2.24) is 4.90 Å². The Balaban J connectivity index is 1.90. The van der Waals surface area contributed by atoms with Crippen LogP contribution < -0.4 is 0 Å². The van der Waals surface area contributed by atoms with Gasteiger partial charge in [0.25, 0.3) is 0 Å². The van der Waals surface area contributed by atoms with E-state index >= 15 is 0 Å². The van der Waals surface area contributed by atoms with Crippen LogP contribution in [0.4, 0.5) is 0 Å². The number of nitrogens with zero attached hydrogens (tertiary/aromatic N) is 2. The average Bonchev–Trinajstić information content (AvgIpc) is 3.13. The highest BCUT2D eigenvalue weighted by atomic mass is 16.3. The van der Waals surface area contributed by atoms with Gasteiger partial charge >= 0.3 is 0 Å². The molecule has 0 atom stereocenters. The minimum atomic E-state index is 0.483. The van der Waals surface area contributed by atoms with E-state index in [2.05, 4.69) is 23.1 Å². The summed E-state index contributed by atoms with van der Waals surface area (Å²) in [6.45, 7) is 2.11. The number of hydrogen-bond donors (Lipinski definition) is 1. The molecule has 120 valence electrons. The van der Waals surface area contributed by atoms with Gasteiger partial charge in [0.15, 0.2) is 0 Å². The second-order valence-electron chi connectivity index (χ2n) is 5.70. The van der Waals surface area contributed by atoms with Gasteiger partial charge in [-0.05, 0) is 34.0 Å². The topological polar surface area (TPSA) is 64.0 Å². The third-order valence-electron chi connectivity index (χ3n) is 4.10. The number of benzene rings is 2. The number of nitrogens with one attached hydrogen (secondary N) is 1. The lowest BCUT2D eigenvalue weighted by Crippen LogP contribution is -2.23. The third kappa shape index (κ3) is 3.53. The van der Waals surface area contributed by atoms with Crippen molar-refractivity contribution in [3.05, 3.63) is 71.7 Å². The number of hydrogen-bond acceptors (Lipinski definition) is 4. The van der Waals surface area contributed by atoms with Crippen molar-refractivity contribution in [2.75, 3.05) is 6.54 Å². The molecule has 24 heavy (non-hydrogen) atoms. The average molecular weight is 317 g/mol. The van der Waals surface area contributed by atoms with E-state index in [4.69, 9.17) is 15.1 Å². The predicted molar refractivity (Wildman–Crippen MR) is 94.9 cm³/mol. The first kappa shape index (κ1) is 16.0. The molecule has 0 amide bonds. The summed E-state index contributed by atoms with van der Waals surface area (Å²) in [5, 5.41) is 18.7. The summed E-state index contributed by atoms with van der Waals surface area (Å²) in [4.78, 5) is 2.22. The number of furan rings is 1. The van der Waals surface area contributed by atoms with Crippen LogP contribution in [0.3, 0.4) is 0 Å². The minimum Gasteiger partial charge on any atom is -0.468 e. The molecule has 1 aromatic heterocycles. The number of fused-ring (bicyclic) bond motifs is 1. The summed E-state index contributed by atoms with van der Waals surface area (Å²) < 4.78 is 5.45. The highest BCUT2D eigenvalue weighted by molar-refractivity contribution is 6.00. The van der Waals surface area contributed by atoms with Gasteiger partial charge in [-0.1, -0.05) is 36.4 Å². The molecule has 0 unspecified atom stereocenters. The molecule has 0 aliphatic heterocycles. The first-order chi connectivity index (χ1) is 11.8. The molecule has 0 fully saturated rings. The van der Waals surface area contributed by atoms with Crippen LogP contribution in [0.2, 0.25) is 0 Å². The van der Waals surface area contributed by atoms with Crippen LogP contribution >= 0.6 is 0 Å². The molecule has 1 heterocycles. The fourth-order valence-electron chi connectivity index (χ4n) is 2.93. The number of rotatable bonds is 7. The van der Waals surface area contributed by atoms with Gasteiger partial charge < -0.3 is 9.83 Å². The quantitative estimate of drug-likeness (QED) is 0.659. The van der Waals surface area contributed by atoms with E-state index < -0.39 is 0 Å². The van der Waals surface area contributed by atoms with Crippen molar-refractivity contribution < 1.29 is 4.42 Å². The van der Waals surface area contributed by atoms with E-state index in [1.807, 2.05) is 36.4 Å². The fourth-order valence-corrected chi connectivity index (χ4v) is 2.93. The summed E-state index contributed by atoms with van der Waals surface area (Å²) in [7, 11) is 0. The summed E-state index contributed by atoms with van der Waals surface area (Å²) >= 11 is 0. The van der Waals surface area contributed by atoms with Crippen molar-refractivity contribution in [2.45, 2.75) is 19.5 Å². The van der Waals surface area contributed by atoms with E-state index in [-0.39, 0.29) is 0 Å². The third-order valence-corrected chi connectivity index (χ3v) is 4.10. The largest absolute Gasteiger partial charge is 0.468 e. The van der Waals surface area contributed by atoms with Crippen molar-refractivity contribution in [3.63, 3.8) is 0 Å². The van der Waals surface area contributed by atoms with Crippen molar-refractivity contribution in [2.24, 2.45) is 0 Å². The van der Waals surface area contributed by atoms with Crippen LogP contribution in [0, 0.1) is 16.7 Å². The molecule has 0 aliphatic rings. The Bertz CT molecular complexity index is 862. The maximum atomic E-state index is 8.92. The maximum Gasteiger partial charge on any atom is 0.117 e. The van der Waals surface area contributed by atoms with E-state index in [9.17, 15) is 0 Å². The molecular weight excluding hydrogens is 298 g/mol. The van der Waals surface area contributed by atoms with Gasteiger partial charge in [-0.2, -0.15) is 5.26 Å². The highest BCUT2D eigenvalue weighted by Crippen LogP contribution is 2.24. The Hall–Kier alpha value is -2.90. The Morgan fingerprint density at radius 2 is 1.88 bits per heavy atom. The van der Waals surface area contributed by atoms with Crippen LogP contribution in [0.1, 0.15) is 23.3 Å². The Labute approximate surface area is 141 Å². The van der Waals surface area contributed by atoms with Crippen LogP contribution in [-0.2, 0) is 13.1 Å². The van der Waals surface area contributed by atoms with E-state index in [1.54, 1.807) is 6.26 Å². The Morgan fingerprint density at radius 3 is 2.58 bits per heavy atom. The summed E-state index contributed by atoms with van der Waals surface area (Å²) in [5.74, 6) is 0.897. The Morgan fingerprint density at radius 1 is 1.04 bits per heavy atom. The van der Waals surface area contributed by atoms with E-state index in [0.717, 1.165) is 28.6 Å². The van der Waals surface area contributed by atoms with Crippen LogP contribution in [-0.4, -0.2) is 17.7 Å². The predicted octanol–water partition coefficient (Wildman–Crippen LogP) is 4.35. The van der Waals surface area contributed by atoms with Crippen LogP contribution in [0.15, 0.2) is 59.2 Å². The molecule has 0 saturated heterocycles. The van der Waals surface area contributed by atoms with Crippen molar-refractivity contribution in [1.29, 1.82) is 10.7 Å². The molecular formula is C20H19N3O. The fraction of sp³-hybridized carbons (Fsp3) is 0.200. The standard InChI is InChI=1S/C20H19N3O/c21-10-4-11-23(15-18-5-3-12-24-18)14-17-9-8-16(13-22)19-6-1-2-7-20(17)19/h1-3,5-9,12-13,22H,4,11,14-15H2. The summed E-state index contributed by atoms with van der Waals surface area (Å²) in [5.41, 5.74) is 2.12. The molecule has 0 radical (unpaired) electrons. The van der Waals surface area contributed by atoms with Gasteiger partial charge in [0, 0.05) is 25.7 Å². The lowest BCUT2D eigenvalue weighted by Gasteiger charge is -2.21. The molecule has 0 bridgehead atoms. The lowest BCUT2D eigenvalue weighted by molar-refractivity contribution is 0.241. The summed E-state index contributed by atoms with van der Waals surface area (Å²) in [6, 6.07) is 18.3. The minimum absolute atomic E-state index is 0.483. The molecule has 2 aromatic carbocycles. The smallest absolute Gasteiger partial charge is 0.117 e. The lowest BCUT2D eigenvalue weighted by atomic mass is 9.99. The monoisotopic (exact) mass is 317 g/mol. The molecule has 0 aliphatic carbocycles. The van der Waals surface area contributed by atoms with Gasteiger partial charge in [-0.25, -0.2) is 0 Å². The van der Waals surface area contributed by atoms with Crippen molar-refractivity contribution in [3.8, 4) is 6.07 Å². The van der Waals surface area contributed by atoms with Crippen LogP contribution in [0.25, 0.3) is 10.8 Å². The molecule has 3 rings (SSSR count). The van der Waals surface area contributed by atoms with Gasteiger partial charge in [0.1, 0.15) is 5.76 Å². The van der Waals surface area contributed by atoms with Crippen molar-refractivity contribution >= 4 is 17.0 Å². The van der Waals surface area contributed by atoms with E-state index in [1.165, 1.54) is 11.8 Å². The zero-order valence-corrected chi connectivity index (χ0v) is 13.4. The Kier molecular flexibility index (Phi) is 5.05. The molecule has 0 saturated carbocycles. The molecule has 4 heteroatoms. The highest BCUT2D eigenvalue weighted by Gasteiger charge is 2.11. The van der Waals surface area contributed by atoms with E-state index in [0.29, 0.717) is 19.5 Å². The SMILES string of the molecule is N#CCCN(Cc1ccco1)Cc1ccc(C=N)c2ccccc12. The zero-order chi connectivity index (χ0) is 16.8. The first-order valence-electron chi connectivity index (χ1n) is 7.94. The second kappa shape index (κ2) is 7.58. The van der Waals surface area contributed by atoms with Gasteiger partial charge in [-0.3, -0.25) is 4.90 Å². The maximum absolute atomic E-state index is 8.92. The molecule has 4 nitrogen and oxygen atoms in total. The van der Waals surface area contributed by atoms with Gasteiger partial charge in [-0.15, -0.1) is 0 Å². The second-order valence-corrected chi connectivity index (χ2v) is 5.70. The first-order valence-corrected chi connectivity index (χ1v) is 7.94. The number of nitriles is 1. The van der Waals surface area contributed by atoms with Gasteiger partial charge in [0.2, 0.25) is 0 Å². The van der Waals surface area contributed by atoms with Gasteiger partial charge in [0.05, 0.1) is 18.9 Å². The van der Waals surface area contributed by atoms with Crippen LogP contribution in [0.5, 0.6) is 0 Å². The molecule has 3 aromatic rings. The zero-order valence-electron chi connectivity index (χ0n) is 13.4. The molecule has 1 N–H and O–H groups in total. The molecule has 0 spiro atoms. The normalized spacial score (nSPS) is 10.8. The summed E-state index contributed by atoms with van der Waals surface area (Å²) in [6.07, 6.45) is 3.55.